The lowest BCUT2D eigenvalue weighted by Gasteiger charge is -2.09. The average Bonchev–Trinajstić information content (AvgIpc) is 2.88. The minimum absolute atomic E-state index is 0.0450. The largest absolute Gasteiger partial charge is 0.484 e. The van der Waals surface area contributed by atoms with Gasteiger partial charge >= 0.3 is 5.97 Å². The second-order valence-electron chi connectivity index (χ2n) is 4.29. The number of carboxylic acid groups (broad SMARTS) is 1. The van der Waals surface area contributed by atoms with E-state index >= 15 is 0 Å². The third-order valence-corrected chi connectivity index (χ3v) is 4.18. The molecule has 6 heteroatoms. The maximum absolute atomic E-state index is 11.2. The zero-order valence-corrected chi connectivity index (χ0v) is 12.3. The van der Waals surface area contributed by atoms with Gasteiger partial charge in [-0.1, -0.05) is 29.8 Å². The van der Waals surface area contributed by atoms with Gasteiger partial charge in [0.15, 0.2) is 5.75 Å². The minimum atomic E-state index is -1.07. The molecule has 0 unspecified atom stereocenters. The normalized spacial score (nSPS) is 10.7. The highest BCUT2D eigenvalue weighted by Gasteiger charge is 2.15. The van der Waals surface area contributed by atoms with Crippen molar-refractivity contribution in [1.82, 2.24) is 4.98 Å². The highest BCUT2D eigenvalue weighted by atomic mass is 35.5. The van der Waals surface area contributed by atoms with Crippen molar-refractivity contribution in [2.45, 2.75) is 6.61 Å². The fourth-order valence-electron chi connectivity index (χ4n) is 1.94. The summed E-state index contributed by atoms with van der Waals surface area (Å²) in [6, 6.07) is 12.4. The monoisotopic (exact) mass is 319 g/mol. The van der Waals surface area contributed by atoms with E-state index < -0.39 is 5.97 Å². The molecule has 0 fully saturated rings. The van der Waals surface area contributed by atoms with Gasteiger partial charge in [-0.15, -0.1) is 11.3 Å². The molecule has 0 aliphatic rings. The summed E-state index contributed by atoms with van der Waals surface area (Å²) in [4.78, 5) is 15.6. The Kier molecular flexibility index (Phi) is 3.77. The molecule has 1 aromatic heterocycles. The number of aromatic nitrogens is 1. The summed E-state index contributed by atoms with van der Waals surface area (Å²) in [5.74, 6) is -0.900. The predicted molar refractivity (Wildman–Crippen MR) is 82.4 cm³/mol. The number of hydrogen-bond acceptors (Lipinski definition) is 4. The van der Waals surface area contributed by atoms with Gasteiger partial charge in [-0.3, -0.25) is 0 Å². The van der Waals surface area contributed by atoms with Gasteiger partial charge in [-0.2, -0.15) is 0 Å². The number of nitrogens with zero attached hydrogens (tertiary/aromatic N) is 1. The first-order chi connectivity index (χ1) is 10.1. The Morgan fingerprint density at radius 1 is 1.24 bits per heavy atom. The van der Waals surface area contributed by atoms with E-state index in [9.17, 15) is 4.79 Å². The number of fused-ring (bicyclic) bond motifs is 1. The van der Waals surface area contributed by atoms with E-state index in [2.05, 4.69) is 4.98 Å². The molecule has 0 radical (unpaired) electrons. The first-order valence-corrected chi connectivity index (χ1v) is 7.33. The first kappa shape index (κ1) is 13.9. The van der Waals surface area contributed by atoms with Crippen LogP contribution in [-0.2, 0) is 6.61 Å². The Bertz CT molecular complexity index is 783. The molecule has 0 spiro atoms. The molecule has 0 atom stereocenters. The summed E-state index contributed by atoms with van der Waals surface area (Å²) in [6.45, 7) is 0.184. The van der Waals surface area contributed by atoms with Gasteiger partial charge in [0.2, 0.25) is 0 Å². The number of thiazole rings is 1. The lowest BCUT2D eigenvalue weighted by molar-refractivity contribution is 0.0691. The van der Waals surface area contributed by atoms with E-state index in [1.807, 2.05) is 24.3 Å². The van der Waals surface area contributed by atoms with Crippen LogP contribution in [0.4, 0.5) is 0 Å². The lowest BCUT2D eigenvalue weighted by atomic mass is 10.2. The Balaban J connectivity index is 1.86. The van der Waals surface area contributed by atoms with E-state index in [0.29, 0.717) is 0 Å². The van der Waals surface area contributed by atoms with Gasteiger partial charge in [-0.25, -0.2) is 9.78 Å². The maximum atomic E-state index is 11.2. The van der Waals surface area contributed by atoms with Crippen LogP contribution < -0.4 is 4.74 Å². The van der Waals surface area contributed by atoms with E-state index in [0.717, 1.165) is 15.2 Å². The average molecular weight is 320 g/mol. The minimum Gasteiger partial charge on any atom is -0.484 e. The molecule has 21 heavy (non-hydrogen) atoms. The van der Waals surface area contributed by atoms with Crippen molar-refractivity contribution in [2.75, 3.05) is 0 Å². The van der Waals surface area contributed by atoms with Crippen LogP contribution in [0.15, 0.2) is 42.5 Å². The van der Waals surface area contributed by atoms with Crippen LogP contribution in [0.25, 0.3) is 10.2 Å². The molecule has 0 saturated heterocycles. The molecule has 2 aromatic carbocycles. The number of benzene rings is 2. The summed E-state index contributed by atoms with van der Waals surface area (Å²) in [5.41, 5.74) is 0.947. The topological polar surface area (TPSA) is 59.4 Å². The number of ether oxygens (including phenoxy) is 1. The van der Waals surface area contributed by atoms with Crippen LogP contribution in [0, 0.1) is 0 Å². The fourth-order valence-corrected chi connectivity index (χ4v) is 3.05. The third-order valence-electron chi connectivity index (χ3n) is 2.88. The highest BCUT2D eigenvalue weighted by molar-refractivity contribution is 7.18. The number of halogens is 1. The van der Waals surface area contributed by atoms with Crippen LogP contribution in [0.2, 0.25) is 5.02 Å². The maximum Gasteiger partial charge on any atom is 0.339 e. The second-order valence-corrected chi connectivity index (χ2v) is 5.81. The van der Waals surface area contributed by atoms with Crippen LogP contribution >= 0.6 is 22.9 Å². The van der Waals surface area contributed by atoms with E-state index in [1.165, 1.54) is 17.4 Å². The van der Waals surface area contributed by atoms with Gasteiger partial charge in [0.05, 0.1) is 15.2 Å². The molecule has 3 aromatic rings. The molecule has 3 rings (SSSR count). The van der Waals surface area contributed by atoms with Crippen molar-refractivity contribution in [1.29, 1.82) is 0 Å². The highest BCUT2D eigenvalue weighted by Crippen LogP contribution is 2.30. The number of carbonyl (C=O) groups is 1. The van der Waals surface area contributed by atoms with Crippen molar-refractivity contribution in [3.05, 3.63) is 58.1 Å². The number of rotatable bonds is 4. The van der Waals surface area contributed by atoms with Gasteiger partial charge in [0.25, 0.3) is 0 Å². The van der Waals surface area contributed by atoms with Crippen molar-refractivity contribution >= 4 is 39.1 Å². The lowest BCUT2D eigenvalue weighted by Crippen LogP contribution is -2.03. The molecule has 1 heterocycles. The number of para-hydroxylation sites is 2. The number of hydrogen-bond donors (Lipinski definition) is 1. The third kappa shape index (κ3) is 2.84. The van der Waals surface area contributed by atoms with Gasteiger partial charge in [-0.05, 0) is 24.3 Å². The summed E-state index contributed by atoms with van der Waals surface area (Å²) >= 11 is 7.52. The first-order valence-electron chi connectivity index (χ1n) is 6.14. The molecule has 0 amide bonds. The standard InChI is InChI=1S/C15H10ClNO3S/c16-10-5-3-4-9(15(18)19)14(10)20-8-13-17-11-6-1-2-7-12(11)21-13/h1-7H,8H2,(H,18,19). The van der Waals surface area contributed by atoms with Crippen molar-refractivity contribution < 1.29 is 14.6 Å². The van der Waals surface area contributed by atoms with Gasteiger partial charge in [0.1, 0.15) is 17.2 Å². The predicted octanol–water partition coefficient (Wildman–Crippen LogP) is 4.23. The molecule has 0 aliphatic heterocycles. The second kappa shape index (κ2) is 5.71. The summed E-state index contributed by atoms with van der Waals surface area (Å²) in [7, 11) is 0. The molecule has 0 bridgehead atoms. The number of carboxylic acids is 1. The molecule has 1 N–H and O–H groups in total. The summed E-state index contributed by atoms with van der Waals surface area (Å²) in [6.07, 6.45) is 0. The molecule has 4 nitrogen and oxygen atoms in total. The zero-order valence-electron chi connectivity index (χ0n) is 10.7. The molecular weight excluding hydrogens is 310 g/mol. The van der Waals surface area contributed by atoms with Crippen LogP contribution in [0.5, 0.6) is 5.75 Å². The van der Waals surface area contributed by atoms with E-state index in [4.69, 9.17) is 21.4 Å². The van der Waals surface area contributed by atoms with E-state index in [1.54, 1.807) is 12.1 Å². The van der Waals surface area contributed by atoms with Crippen molar-refractivity contribution in [2.24, 2.45) is 0 Å². The van der Waals surface area contributed by atoms with E-state index in [-0.39, 0.29) is 22.9 Å². The quantitative estimate of drug-likeness (QED) is 0.782. The fraction of sp³-hybridized carbons (Fsp3) is 0.0667. The molecular formula is C15H10ClNO3S. The van der Waals surface area contributed by atoms with Crippen LogP contribution in [0.3, 0.4) is 0 Å². The Morgan fingerprint density at radius 3 is 2.81 bits per heavy atom. The smallest absolute Gasteiger partial charge is 0.339 e. The Hall–Kier alpha value is -2.11. The summed E-state index contributed by atoms with van der Waals surface area (Å²) < 4.78 is 6.64. The number of aromatic carboxylic acids is 1. The van der Waals surface area contributed by atoms with Crippen molar-refractivity contribution in [3.8, 4) is 5.75 Å². The molecule has 106 valence electrons. The summed E-state index contributed by atoms with van der Waals surface area (Å²) in [5, 5.41) is 10.2. The van der Waals surface area contributed by atoms with Crippen LogP contribution in [0.1, 0.15) is 15.4 Å². The molecule has 0 saturated carbocycles. The molecule has 0 aliphatic carbocycles. The van der Waals surface area contributed by atoms with Crippen LogP contribution in [-0.4, -0.2) is 16.1 Å². The van der Waals surface area contributed by atoms with Gasteiger partial charge in [0, 0.05) is 0 Å². The van der Waals surface area contributed by atoms with Crippen molar-refractivity contribution in [3.63, 3.8) is 0 Å². The zero-order chi connectivity index (χ0) is 14.8. The SMILES string of the molecule is O=C(O)c1cccc(Cl)c1OCc1nc2ccccc2s1. The Morgan fingerprint density at radius 2 is 2.05 bits per heavy atom. The van der Waals surface area contributed by atoms with Gasteiger partial charge < -0.3 is 9.84 Å². The Labute approximate surface area is 129 Å².